The fourth-order valence-corrected chi connectivity index (χ4v) is 4.46. The van der Waals surface area contributed by atoms with Gasteiger partial charge in [-0.25, -0.2) is 0 Å². The van der Waals surface area contributed by atoms with Crippen molar-refractivity contribution in [2.45, 2.75) is 57.5 Å². The van der Waals surface area contributed by atoms with Gasteiger partial charge in [0.1, 0.15) is 0 Å². The number of nitro benzene ring substituents is 2. The molecule has 0 aliphatic heterocycles. The van der Waals surface area contributed by atoms with Gasteiger partial charge >= 0.3 is 40.9 Å². The molecule has 175 valence electrons. The van der Waals surface area contributed by atoms with Gasteiger partial charge in [0.2, 0.25) is 11.6 Å². The molecule has 2 aliphatic rings. The number of aliphatic hydroxyl groups excluding tert-OH is 1. The van der Waals surface area contributed by atoms with E-state index in [1.54, 1.807) is 0 Å². The Morgan fingerprint density at radius 1 is 0.941 bits per heavy atom. The van der Waals surface area contributed by atoms with Crippen molar-refractivity contribution in [1.29, 1.82) is 0 Å². The van der Waals surface area contributed by atoms with Crippen molar-refractivity contribution in [1.82, 2.24) is 0 Å². The normalized spacial score (nSPS) is 18.4. The van der Waals surface area contributed by atoms with Crippen LogP contribution >= 0.6 is 0 Å². The third kappa shape index (κ3) is 5.07. The molecule has 34 heavy (non-hydrogen) atoms. The largest absolute Gasteiger partial charge is 1.00 e. The fourth-order valence-electron chi connectivity index (χ4n) is 4.46. The minimum Gasteiger partial charge on any atom is -1.00 e. The molecule has 1 unspecified atom stereocenters. The van der Waals surface area contributed by atoms with Gasteiger partial charge in [0.05, 0.1) is 21.5 Å². The monoisotopic (exact) mass is 483 g/mol. The maximum atomic E-state index is 13.8. The number of ketones is 1. The number of hydrogen-bond acceptors (Lipinski definition) is 6. The number of rotatable bonds is 2. The number of Topliss-reactive ketones (excluding diaryl/α,β-unsaturated/α-hetero) is 1. The van der Waals surface area contributed by atoms with Crippen molar-refractivity contribution in [3.05, 3.63) is 78.4 Å². The minimum absolute atomic E-state index is 0. The third-order valence-electron chi connectivity index (χ3n) is 6.05. The standard InChI is InChI=1S/C11H12FNO3.C11H10FNO3.B.Na.H/c2*1-11(2)5-8(14)9-6(11)3-4-7(10(9)12)13(15)16;;;/h3-4,8,14H,5H2,1-2H3;3-4H,5H2,1-2H3;;;/q;;;+1;-1. The molecule has 2 aromatic carbocycles. The summed E-state index contributed by atoms with van der Waals surface area (Å²) in [5, 5.41) is 30.9. The Hall–Kier alpha value is -2.21. The molecule has 0 bridgehead atoms. The number of carbonyl (C=O) groups excluding carboxylic acids is 1. The first-order valence-corrected chi connectivity index (χ1v) is 9.85. The summed E-state index contributed by atoms with van der Waals surface area (Å²) < 4.78 is 27.6. The molecule has 8 nitrogen and oxygen atoms in total. The summed E-state index contributed by atoms with van der Waals surface area (Å²) in [4.78, 5) is 31.2. The van der Waals surface area contributed by atoms with Gasteiger partial charge in [-0.1, -0.05) is 39.8 Å². The molecule has 3 radical (unpaired) electrons. The molecule has 12 heteroatoms. The van der Waals surface area contributed by atoms with Crippen LogP contribution < -0.4 is 29.6 Å². The number of nitrogens with zero attached hydrogens (tertiary/aromatic N) is 2. The number of carbonyl (C=O) groups is 1. The molecule has 4 rings (SSSR count). The maximum absolute atomic E-state index is 13.8. The van der Waals surface area contributed by atoms with Crippen LogP contribution in [-0.2, 0) is 10.8 Å². The molecule has 0 saturated heterocycles. The number of benzene rings is 2. The van der Waals surface area contributed by atoms with Gasteiger partial charge in [0, 0.05) is 32.5 Å². The first kappa shape index (κ1) is 29.8. The summed E-state index contributed by atoms with van der Waals surface area (Å²) in [6, 6.07) is 5.29. The number of hydrogen-bond donors (Lipinski definition) is 1. The van der Waals surface area contributed by atoms with Gasteiger partial charge in [-0.2, -0.15) is 8.78 Å². The zero-order valence-corrected chi connectivity index (χ0v) is 21.5. The van der Waals surface area contributed by atoms with E-state index in [1.165, 1.54) is 12.1 Å². The molecule has 0 amide bonds. The Labute approximate surface area is 220 Å². The molecular formula is C22H23BF2N2NaO6. The molecule has 0 saturated carbocycles. The smallest absolute Gasteiger partial charge is 1.00 e. The van der Waals surface area contributed by atoms with Crippen LogP contribution in [0.15, 0.2) is 24.3 Å². The van der Waals surface area contributed by atoms with E-state index in [-0.39, 0.29) is 68.1 Å². The summed E-state index contributed by atoms with van der Waals surface area (Å²) in [6.45, 7) is 7.41. The predicted molar refractivity (Wildman–Crippen MR) is 118 cm³/mol. The Balaban J connectivity index is 0.000000608. The van der Waals surface area contributed by atoms with Crippen LogP contribution in [0.3, 0.4) is 0 Å². The van der Waals surface area contributed by atoms with Crippen LogP contribution in [-0.4, -0.2) is 29.1 Å². The second kappa shape index (κ2) is 10.2. The van der Waals surface area contributed by atoms with Crippen LogP contribution in [0.1, 0.15) is 75.1 Å². The van der Waals surface area contributed by atoms with E-state index >= 15 is 0 Å². The topological polar surface area (TPSA) is 124 Å². The van der Waals surface area contributed by atoms with Crippen molar-refractivity contribution in [2.24, 2.45) is 0 Å². The van der Waals surface area contributed by atoms with Crippen molar-refractivity contribution in [3.63, 3.8) is 0 Å². The van der Waals surface area contributed by atoms with Crippen molar-refractivity contribution >= 4 is 25.6 Å². The van der Waals surface area contributed by atoms with Gasteiger partial charge in [-0.3, -0.25) is 25.0 Å². The van der Waals surface area contributed by atoms with Gasteiger partial charge in [0.25, 0.3) is 0 Å². The second-order valence-electron chi connectivity index (χ2n) is 9.28. The molecule has 0 fully saturated rings. The van der Waals surface area contributed by atoms with Gasteiger partial charge in [-0.05, 0) is 28.4 Å². The van der Waals surface area contributed by atoms with Crippen molar-refractivity contribution in [3.8, 4) is 0 Å². The van der Waals surface area contributed by atoms with E-state index in [9.17, 15) is 38.9 Å². The van der Waals surface area contributed by atoms with Gasteiger partial charge < -0.3 is 6.53 Å². The molecule has 0 spiro atoms. The van der Waals surface area contributed by atoms with Crippen LogP contribution in [0.5, 0.6) is 0 Å². The van der Waals surface area contributed by atoms with E-state index in [0.717, 1.165) is 12.1 Å². The number of halogens is 2. The van der Waals surface area contributed by atoms with Crippen molar-refractivity contribution in [2.75, 3.05) is 0 Å². The molecule has 0 aromatic heterocycles. The average molecular weight is 483 g/mol. The number of aliphatic hydroxyl groups is 1. The van der Waals surface area contributed by atoms with E-state index < -0.39 is 44.4 Å². The van der Waals surface area contributed by atoms with E-state index in [1.807, 2.05) is 27.7 Å². The Bertz CT molecular complexity index is 1180. The maximum Gasteiger partial charge on any atom is 1.00 e. The van der Waals surface area contributed by atoms with Crippen LogP contribution in [0.4, 0.5) is 20.2 Å². The number of fused-ring (bicyclic) bond motifs is 2. The number of nitro groups is 2. The molecular weight excluding hydrogens is 460 g/mol. The van der Waals surface area contributed by atoms with Crippen LogP contribution in [0.2, 0.25) is 0 Å². The van der Waals surface area contributed by atoms with E-state index in [4.69, 9.17) is 0 Å². The fraction of sp³-hybridized carbons (Fsp3) is 0.409. The first-order valence-electron chi connectivity index (χ1n) is 9.85. The van der Waals surface area contributed by atoms with E-state index in [2.05, 4.69) is 0 Å². The van der Waals surface area contributed by atoms with Gasteiger partial charge in [-0.15, -0.1) is 0 Å². The third-order valence-corrected chi connectivity index (χ3v) is 6.05. The second-order valence-corrected chi connectivity index (χ2v) is 9.28. The quantitative estimate of drug-likeness (QED) is 0.395. The first-order chi connectivity index (χ1) is 14.7. The minimum atomic E-state index is -1.00. The Kier molecular flexibility index (Phi) is 8.94. The summed E-state index contributed by atoms with van der Waals surface area (Å²) in [6.07, 6.45) is -0.370. The SMILES string of the molecule is CC1(C)CC(=O)c2c1ccc([N+](=O)[O-])c2F.CC1(C)CC(O)c2c1ccc([N+](=O)[O-])c2F.[B].[H-].[Na+]. The summed E-state index contributed by atoms with van der Waals surface area (Å²) >= 11 is 0. The average Bonchev–Trinajstić information content (AvgIpc) is 3.04. The summed E-state index contributed by atoms with van der Waals surface area (Å²) in [5.74, 6) is -2.26. The van der Waals surface area contributed by atoms with Crippen LogP contribution in [0, 0.1) is 31.9 Å². The Morgan fingerprint density at radius 3 is 1.91 bits per heavy atom. The molecule has 2 aliphatic carbocycles. The van der Waals surface area contributed by atoms with Gasteiger partial charge in [0.15, 0.2) is 5.78 Å². The summed E-state index contributed by atoms with van der Waals surface area (Å²) in [7, 11) is 0. The Morgan fingerprint density at radius 2 is 1.41 bits per heavy atom. The van der Waals surface area contributed by atoms with Crippen LogP contribution in [0.25, 0.3) is 0 Å². The molecule has 0 heterocycles. The van der Waals surface area contributed by atoms with Crippen molar-refractivity contribution < 1.29 is 59.5 Å². The zero-order chi connectivity index (χ0) is 24.2. The molecule has 2 aromatic rings. The molecule has 1 atom stereocenters. The zero-order valence-electron chi connectivity index (χ0n) is 20.5. The summed E-state index contributed by atoms with van der Waals surface area (Å²) in [5.41, 5.74) is -0.810. The predicted octanol–water partition coefficient (Wildman–Crippen LogP) is 1.78. The molecule has 1 N–H and O–H groups in total. The van der Waals surface area contributed by atoms with E-state index in [0.29, 0.717) is 17.5 Å².